The van der Waals surface area contributed by atoms with Gasteiger partial charge in [0.05, 0.1) is 12.6 Å². The summed E-state index contributed by atoms with van der Waals surface area (Å²) < 4.78 is 10.2. The third kappa shape index (κ3) is 3.55. The molecule has 112 valence electrons. The average molecular weight is 309 g/mol. The Labute approximate surface area is 128 Å². The van der Waals surface area contributed by atoms with Crippen molar-refractivity contribution in [3.8, 4) is 0 Å². The molecule has 1 aromatic carbocycles. The van der Waals surface area contributed by atoms with Gasteiger partial charge in [-0.05, 0) is 31.5 Å². The van der Waals surface area contributed by atoms with Crippen molar-refractivity contribution in [1.82, 2.24) is 4.98 Å². The highest BCUT2D eigenvalue weighted by atomic mass is 35.5. The quantitative estimate of drug-likeness (QED) is 0.788. The van der Waals surface area contributed by atoms with Crippen molar-refractivity contribution in [3.63, 3.8) is 0 Å². The maximum Gasteiger partial charge on any atom is 0.360 e. The SMILES string of the molecule is CCOC(=O)c1coc(N(C)C(C)c2cccc(Cl)c2)n1. The molecule has 1 heterocycles. The Morgan fingerprint density at radius 1 is 1.52 bits per heavy atom. The van der Waals surface area contributed by atoms with Gasteiger partial charge in [0.1, 0.15) is 6.26 Å². The van der Waals surface area contributed by atoms with Crippen LogP contribution in [0.1, 0.15) is 35.9 Å². The second-order valence-corrected chi connectivity index (χ2v) is 5.01. The molecule has 6 heteroatoms. The number of anilines is 1. The monoisotopic (exact) mass is 308 g/mol. The molecule has 21 heavy (non-hydrogen) atoms. The van der Waals surface area contributed by atoms with Gasteiger partial charge < -0.3 is 14.1 Å². The van der Waals surface area contributed by atoms with Crippen LogP contribution in [0.25, 0.3) is 0 Å². The number of aromatic nitrogens is 1. The predicted molar refractivity (Wildman–Crippen MR) is 80.7 cm³/mol. The van der Waals surface area contributed by atoms with E-state index in [1.807, 2.05) is 43.1 Å². The van der Waals surface area contributed by atoms with Crippen molar-refractivity contribution in [1.29, 1.82) is 0 Å². The summed E-state index contributed by atoms with van der Waals surface area (Å²) in [5.41, 5.74) is 1.19. The number of hydrogen-bond donors (Lipinski definition) is 0. The number of rotatable bonds is 5. The van der Waals surface area contributed by atoms with Gasteiger partial charge in [0.15, 0.2) is 5.69 Å². The molecule has 0 amide bonds. The zero-order valence-electron chi connectivity index (χ0n) is 12.2. The summed E-state index contributed by atoms with van der Waals surface area (Å²) in [4.78, 5) is 17.6. The Morgan fingerprint density at radius 2 is 2.29 bits per heavy atom. The summed E-state index contributed by atoms with van der Waals surface area (Å²) in [6.45, 7) is 4.04. The molecular formula is C15H17ClN2O3. The van der Waals surface area contributed by atoms with Gasteiger partial charge >= 0.3 is 5.97 Å². The zero-order chi connectivity index (χ0) is 15.4. The Morgan fingerprint density at radius 3 is 2.95 bits per heavy atom. The van der Waals surface area contributed by atoms with Crippen LogP contribution in [0.3, 0.4) is 0 Å². The summed E-state index contributed by atoms with van der Waals surface area (Å²) in [7, 11) is 1.84. The molecule has 1 unspecified atom stereocenters. The number of halogens is 1. The average Bonchev–Trinajstić information content (AvgIpc) is 2.96. The number of hydrogen-bond acceptors (Lipinski definition) is 5. The topological polar surface area (TPSA) is 55.6 Å². The first-order valence-electron chi connectivity index (χ1n) is 6.64. The molecule has 5 nitrogen and oxygen atoms in total. The Balaban J connectivity index is 2.16. The summed E-state index contributed by atoms with van der Waals surface area (Å²) in [5.74, 6) is -0.490. The third-order valence-corrected chi connectivity index (χ3v) is 3.43. The van der Waals surface area contributed by atoms with Crippen LogP contribution >= 0.6 is 11.6 Å². The smallest absolute Gasteiger partial charge is 0.360 e. The summed E-state index contributed by atoms with van der Waals surface area (Å²) >= 11 is 6.00. The van der Waals surface area contributed by atoms with Crippen molar-refractivity contribution >= 4 is 23.6 Å². The van der Waals surface area contributed by atoms with Gasteiger partial charge in [0.2, 0.25) is 0 Å². The molecule has 0 saturated carbocycles. The van der Waals surface area contributed by atoms with Crippen molar-refractivity contribution in [2.45, 2.75) is 19.9 Å². The van der Waals surface area contributed by atoms with Crippen LogP contribution in [-0.2, 0) is 4.74 Å². The van der Waals surface area contributed by atoms with Crippen molar-refractivity contribution in [2.24, 2.45) is 0 Å². The van der Waals surface area contributed by atoms with Crippen LogP contribution in [0.4, 0.5) is 6.01 Å². The summed E-state index contributed by atoms with van der Waals surface area (Å²) in [5, 5.41) is 0.673. The van der Waals surface area contributed by atoms with Gasteiger partial charge in [-0.1, -0.05) is 23.7 Å². The number of carbonyl (C=O) groups excluding carboxylic acids is 1. The Kier molecular flexibility index (Phi) is 4.85. The van der Waals surface area contributed by atoms with Crippen LogP contribution in [-0.4, -0.2) is 24.6 Å². The highest BCUT2D eigenvalue weighted by Crippen LogP contribution is 2.26. The van der Waals surface area contributed by atoms with Crippen molar-refractivity contribution in [3.05, 3.63) is 46.8 Å². The molecule has 0 aliphatic carbocycles. The highest BCUT2D eigenvalue weighted by molar-refractivity contribution is 6.30. The molecule has 2 aromatic rings. The third-order valence-electron chi connectivity index (χ3n) is 3.19. The van der Waals surface area contributed by atoms with Crippen LogP contribution in [0.2, 0.25) is 5.02 Å². The molecule has 0 fully saturated rings. The van der Waals surface area contributed by atoms with Gasteiger partial charge in [-0.25, -0.2) is 4.79 Å². The fourth-order valence-corrected chi connectivity index (χ4v) is 2.08. The molecule has 0 aliphatic rings. The molecule has 0 radical (unpaired) electrons. The fraction of sp³-hybridized carbons (Fsp3) is 0.333. The first-order chi connectivity index (χ1) is 10.0. The standard InChI is InChI=1S/C15H17ClN2O3/c1-4-20-14(19)13-9-21-15(17-13)18(3)10(2)11-6-5-7-12(16)8-11/h5-10H,4H2,1-3H3. The Bertz CT molecular complexity index is 627. The number of benzene rings is 1. The number of carbonyl (C=O) groups is 1. The van der Waals surface area contributed by atoms with E-state index in [0.29, 0.717) is 17.6 Å². The molecule has 2 rings (SSSR count). The van der Waals surface area contributed by atoms with Gasteiger partial charge in [-0.15, -0.1) is 0 Å². The molecule has 0 bridgehead atoms. The first-order valence-corrected chi connectivity index (χ1v) is 7.01. The van der Waals surface area contributed by atoms with Crippen LogP contribution < -0.4 is 4.90 Å². The van der Waals surface area contributed by atoms with E-state index in [9.17, 15) is 4.79 Å². The summed E-state index contributed by atoms with van der Waals surface area (Å²) in [6, 6.07) is 7.92. The number of oxazole rings is 1. The van der Waals surface area contributed by atoms with E-state index in [0.717, 1.165) is 5.56 Å². The second kappa shape index (κ2) is 6.63. The lowest BCUT2D eigenvalue weighted by atomic mass is 10.1. The number of nitrogens with zero attached hydrogens (tertiary/aromatic N) is 2. The van der Waals surface area contributed by atoms with E-state index in [1.54, 1.807) is 6.92 Å². The fourth-order valence-electron chi connectivity index (χ4n) is 1.88. The Hall–Kier alpha value is -2.01. The van der Waals surface area contributed by atoms with Gasteiger partial charge in [0, 0.05) is 12.1 Å². The molecule has 0 spiro atoms. The van der Waals surface area contributed by atoms with Gasteiger partial charge in [-0.3, -0.25) is 0 Å². The van der Waals surface area contributed by atoms with E-state index in [1.165, 1.54) is 6.26 Å². The van der Waals surface area contributed by atoms with Crippen LogP contribution in [0.15, 0.2) is 34.9 Å². The van der Waals surface area contributed by atoms with Gasteiger partial charge in [-0.2, -0.15) is 4.98 Å². The molecule has 1 aromatic heterocycles. The van der Waals surface area contributed by atoms with Crippen molar-refractivity contribution < 1.29 is 13.9 Å². The lowest BCUT2D eigenvalue weighted by Crippen LogP contribution is -2.22. The minimum Gasteiger partial charge on any atom is -0.461 e. The minimum atomic E-state index is -0.490. The highest BCUT2D eigenvalue weighted by Gasteiger charge is 2.20. The largest absolute Gasteiger partial charge is 0.461 e. The minimum absolute atomic E-state index is 0.00241. The number of ether oxygens (including phenoxy) is 1. The summed E-state index contributed by atoms with van der Waals surface area (Å²) in [6.07, 6.45) is 1.30. The molecular weight excluding hydrogens is 292 g/mol. The first kappa shape index (κ1) is 15.4. The molecule has 0 aliphatic heterocycles. The molecule has 1 atom stereocenters. The van der Waals surface area contributed by atoms with E-state index >= 15 is 0 Å². The zero-order valence-corrected chi connectivity index (χ0v) is 12.9. The molecule has 0 saturated heterocycles. The lowest BCUT2D eigenvalue weighted by molar-refractivity contribution is 0.0519. The maximum absolute atomic E-state index is 11.6. The van der Waals surface area contributed by atoms with E-state index < -0.39 is 5.97 Å². The second-order valence-electron chi connectivity index (χ2n) is 4.58. The van der Waals surface area contributed by atoms with Crippen molar-refractivity contribution in [2.75, 3.05) is 18.6 Å². The molecule has 0 N–H and O–H groups in total. The van der Waals surface area contributed by atoms with E-state index in [-0.39, 0.29) is 11.7 Å². The maximum atomic E-state index is 11.6. The predicted octanol–water partition coefficient (Wildman–Crippen LogP) is 3.70. The normalized spacial score (nSPS) is 12.0. The number of esters is 1. The lowest BCUT2D eigenvalue weighted by Gasteiger charge is -2.23. The van der Waals surface area contributed by atoms with E-state index in [2.05, 4.69) is 4.98 Å². The van der Waals surface area contributed by atoms with Gasteiger partial charge in [0.25, 0.3) is 6.01 Å². The van der Waals surface area contributed by atoms with E-state index in [4.69, 9.17) is 20.8 Å². The van der Waals surface area contributed by atoms with Crippen LogP contribution in [0.5, 0.6) is 0 Å². The van der Waals surface area contributed by atoms with Crippen LogP contribution in [0, 0.1) is 0 Å².